The zero-order valence-corrected chi connectivity index (χ0v) is 11.5. The lowest BCUT2D eigenvalue weighted by Crippen LogP contribution is -2.13. The van der Waals surface area contributed by atoms with Crippen LogP contribution in [-0.2, 0) is 9.47 Å². The molecule has 0 amide bonds. The largest absolute Gasteiger partial charge is 0.484 e. The van der Waals surface area contributed by atoms with E-state index in [2.05, 4.69) is 32.7 Å². The quantitative estimate of drug-likeness (QED) is 0.542. The van der Waals surface area contributed by atoms with Crippen molar-refractivity contribution in [1.82, 2.24) is 0 Å². The Bertz CT molecular complexity index is 336. The predicted octanol–water partition coefficient (Wildman–Crippen LogP) is 3.33. The molecule has 0 saturated heterocycles. The van der Waals surface area contributed by atoms with Crippen molar-refractivity contribution in [1.29, 1.82) is 0 Å². The number of rotatable bonds is 5. The highest BCUT2D eigenvalue weighted by atomic mass is 16.5. The minimum absolute atomic E-state index is 0.256. The van der Waals surface area contributed by atoms with E-state index in [9.17, 15) is 0 Å². The van der Waals surface area contributed by atoms with E-state index in [0.717, 1.165) is 5.76 Å². The summed E-state index contributed by atoms with van der Waals surface area (Å²) >= 11 is 0. The molecule has 3 heteroatoms. The predicted molar refractivity (Wildman–Crippen MR) is 71.2 cm³/mol. The van der Waals surface area contributed by atoms with E-state index in [1.54, 1.807) is 0 Å². The molecule has 1 heterocycles. The molecule has 0 aromatic carbocycles. The first-order valence-corrected chi connectivity index (χ1v) is 6.18. The van der Waals surface area contributed by atoms with Crippen molar-refractivity contribution in [3.8, 4) is 0 Å². The summed E-state index contributed by atoms with van der Waals surface area (Å²) in [6.45, 7) is 11.6. The second-order valence-electron chi connectivity index (χ2n) is 4.80. The van der Waals surface area contributed by atoms with Crippen LogP contribution < -0.4 is 0 Å². The van der Waals surface area contributed by atoms with E-state index in [4.69, 9.17) is 9.47 Å². The summed E-state index contributed by atoms with van der Waals surface area (Å²) in [6.07, 6.45) is 3.94. The van der Waals surface area contributed by atoms with Crippen molar-refractivity contribution >= 4 is 5.90 Å². The summed E-state index contributed by atoms with van der Waals surface area (Å²) in [5.41, 5.74) is 1.25. The molecule has 96 valence electrons. The lowest BCUT2D eigenvalue weighted by atomic mass is 10.1. The fourth-order valence-corrected chi connectivity index (χ4v) is 1.43. The van der Waals surface area contributed by atoms with Crippen LogP contribution in [0.5, 0.6) is 0 Å². The highest BCUT2D eigenvalue weighted by Gasteiger charge is 2.24. The van der Waals surface area contributed by atoms with Crippen LogP contribution in [0.4, 0.5) is 0 Å². The van der Waals surface area contributed by atoms with Gasteiger partial charge in [-0.25, -0.2) is 4.99 Å². The smallest absolute Gasteiger partial charge is 0.252 e. The van der Waals surface area contributed by atoms with Gasteiger partial charge in [0, 0.05) is 0 Å². The lowest BCUT2D eigenvalue weighted by molar-refractivity contribution is 0.235. The van der Waals surface area contributed by atoms with Gasteiger partial charge in [-0.15, -0.1) is 0 Å². The summed E-state index contributed by atoms with van der Waals surface area (Å²) in [6, 6.07) is 0.256. The maximum absolute atomic E-state index is 5.64. The minimum Gasteiger partial charge on any atom is -0.484 e. The molecule has 0 N–H and O–H groups in total. The number of hydrogen-bond acceptors (Lipinski definition) is 3. The van der Waals surface area contributed by atoms with Gasteiger partial charge in [0.1, 0.15) is 13.2 Å². The van der Waals surface area contributed by atoms with Crippen molar-refractivity contribution in [2.45, 2.75) is 40.7 Å². The monoisotopic (exact) mass is 237 g/mol. The Labute approximate surface area is 104 Å². The zero-order chi connectivity index (χ0) is 12.8. The molecule has 0 aromatic heterocycles. The Hall–Kier alpha value is -1.25. The first-order chi connectivity index (χ1) is 8.04. The van der Waals surface area contributed by atoms with Gasteiger partial charge >= 0.3 is 0 Å². The van der Waals surface area contributed by atoms with Gasteiger partial charge in [0.2, 0.25) is 0 Å². The SMILES string of the molecule is CC=C(OCC=C(C)C)C1=N[C@@H](C(C)C)CO1. The summed E-state index contributed by atoms with van der Waals surface area (Å²) < 4.78 is 11.2. The topological polar surface area (TPSA) is 30.8 Å². The van der Waals surface area contributed by atoms with Gasteiger partial charge in [-0.2, -0.15) is 0 Å². The van der Waals surface area contributed by atoms with Crippen molar-refractivity contribution in [2.24, 2.45) is 10.9 Å². The van der Waals surface area contributed by atoms with E-state index in [1.165, 1.54) is 5.57 Å². The Kier molecular flexibility index (Phi) is 5.26. The molecular formula is C14H23NO2. The molecule has 0 spiro atoms. The van der Waals surface area contributed by atoms with Crippen LogP contribution in [0.25, 0.3) is 0 Å². The summed E-state index contributed by atoms with van der Waals surface area (Å²) in [5, 5.41) is 0. The van der Waals surface area contributed by atoms with Crippen molar-refractivity contribution < 1.29 is 9.47 Å². The lowest BCUT2D eigenvalue weighted by Gasteiger charge is -2.07. The van der Waals surface area contributed by atoms with Crippen molar-refractivity contribution in [3.63, 3.8) is 0 Å². The number of hydrogen-bond donors (Lipinski definition) is 0. The molecule has 1 aliphatic rings. The average Bonchev–Trinajstić information content (AvgIpc) is 2.73. The normalized spacial score (nSPS) is 20.0. The third-order valence-electron chi connectivity index (χ3n) is 2.65. The highest BCUT2D eigenvalue weighted by Crippen LogP contribution is 2.17. The van der Waals surface area contributed by atoms with Crippen LogP contribution in [0.1, 0.15) is 34.6 Å². The minimum atomic E-state index is 0.256. The molecule has 0 saturated carbocycles. The highest BCUT2D eigenvalue weighted by molar-refractivity contribution is 5.92. The van der Waals surface area contributed by atoms with E-state index >= 15 is 0 Å². The Morgan fingerprint density at radius 2 is 2.24 bits per heavy atom. The van der Waals surface area contributed by atoms with E-state index < -0.39 is 0 Å². The van der Waals surface area contributed by atoms with Gasteiger partial charge in [0.25, 0.3) is 5.90 Å². The second kappa shape index (κ2) is 6.48. The van der Waals surface area contributed by atoms with Gasteiger partial charge in [0.15, 0.2) is 5.76 Å². The molecule has 1 aliphatic heterocycles. The number of nitrogens with zero attached hydrogens (tertiary/aromatic N) is 1. The molecule has 0 radical (unpaired) electrons. The van der Waals surface area contributed by atoms with Gasteiger partial charge in [-0.1, -0.05) is 19.4 Å². The average molecular weight is 237 g/mol. The van der Waals surface area contributed by atoms with Crippen LogP contribution in [0.15, 0.2) is 28.5 Å². The van der Waals surface area contributed by atoms with Crippen molar-refractivity contribution in [3.05, 3.63) is 23.5 Å². The van der Waals surface area contributed by atoms with E-state index in [0.29, 0.717) is 25.0 Å². The van der Waals surface area contributed by atoms with Crippen LogP contribution in [0.2, 0.25) is 0 Å². The van der Waals surface area contributed by atoms with Crippen LogP contribution in [0, 0.1) is 5.92 Å². The first-order valence-electron chi connectivity index (χ1n) is 6.18. The Balaban J connectivity index is 2.58. The fourth-order valence-electron chi connectivity index (χ4n) is 1.43. The fraction of sp³-hybridized carbons (Fsp3) is 0.643. The van der Waals surface area contributed by atoms with Crippen LogP contribution in [-0.4, -0.2) is 25.2 Å². The second-order valence-corrected chi connectivity index (χ2v) is 4.80. The molecule has 0 aliphatic carbocycles. The molecule has 1 atom stereocenters. The molecule has 1 rings (SSSR count). The summed E-state index contributed by atoms with van der Waals surface area (Å²) in [4.78, 5) is 4.54. The van der Waals surface area contributed by atoms with Gasteiger partial charge in [0.05, 0.1) is 6.04 Å². The first kappa shape index (κ1) is 13.8. The maximum Gasteiger partial charge on any atom is 0.252 e. The summed E-state index contributed by atoms with van der Waals surface area (Å²) in [5.74, 6) is 1.89. The summed E-state index contributed by atoms with van der Waals surface area (Å²) in [7, 11) is 0. The molecule has 0 fully saturated rings. The van der Waals surface area contributed by atoms with E-state index in [-0.39, 0.29) is 6.04 Å². The van der Waals surface area contributed by atoms with Crippen molar-refractivity contribution in [2.75, 3.05) is 13.2 Å². The van der Waals surface area contributed by atoms with E-state index in [1.807, 2.05) is 19.1 Å². The molecular weight excluding hydrogens is 214 g/mol. The Morgan fingerprint density at radius 3 is 2.71 bits per heavy atom. The third-order valence-corrected chi connectivity index (χ3v) is 2.65. The molecule has 0 bridgehead atoms. The molecule has 0 aromatic rings. The standard InChI is InChI=1S/C14H23NO2/c1-6-13(16-8-7-10(2)3)14-15-12(9-17-14)11(4)5/h6-7,11-12H,8-9H2,1-5H3/t12-/m1/s1. The Morgan fingerprint density at radius 1 is 1.53 bits per heavy atom. The van der Waals surface area contributed by atoms with Crippen LogP contribution in [0.3, 0.4) is 0 Å². The number of ether oxygens (including phenoxy) is 2. The number of allylic oxidation sites excluding steroid dienone is 2. The van der Waals surface area contributed by atoms with Gasteiger partial charge < -0.3 is 9.47 Å². The van der Waals surface area contributed by atoms with Gasteiger partial charge in [-0.3, -0.25) is 0 Å². The maximum atomic E-state index is 5.64. The third kappa shape index (κ3) is 4.25. The van der Waals surface area contributed by atoms with Crippen LogP contribution >= 0.6 is 0 Å². The van der Waals surface area contributed by atoms with Gasteiger partial charge in [-0.05, 0) is 38.8 Å². The zero-order valence-electron chi connectivity index (χ0n) is 11.5. The molecule has 0 unspecified atom stereocenters. The molecule has 3 nitrogen and oxygen atoms in total. The molecule has 17 heavy (non-hydrogen) atoms. The number of aliphatic imine (C=N–C) groups is 1.